The number of hydrogen-bond donors (Lipinski definition) is 0. The Kier molecular flexibility index (Phi) is 9.39. The second kappa shape index (κ2) is 15.6. The third-order valence-corrected chi connectivity index (χ3v) is 12.7. The third kappa shape index (κ3) is 6.81. The molecule has 0 aliphatic heterocycles. The summed E-state index contributed by atoms with van der Waals surface area (Å²) in [5, 5.41) is 5.00. The molecule has 10 aromatic carbocycles. The molecule has 1 aromatic heterocycles. The van der Waals surface area contributed by atoms with Gasteiger partial charge in [-0.1, -0.05) is 84.9 Å². The van der Waals surface area contributed by atoms with Gasteiger partial charge in [-0.2, -0.15) is 0 Å². The van der Waals surface area contributed by atoms with Crippen LogP contribution in [0.1, 0.15) is 0 Å². The molecule has 0 aliphatic carbocycles. The number of rotatable bonds is 8. The predicted octanol–water partition coefficient (Wildman–Crippen LogP) is 14.6. The van der Waals surface area contributed by atoms with Crippen LogP contribution in [0.2, 0.25) is 0 Å². The molecule has 0 atom stereocenters. The van der Waals surface area contributed by atoms with Crippen LogP contribution in [-0.4, -0.2) is 20.6 Å². The van der Waals surface area contributed by atoms with E-state index in [9.17, 15) is 0 Å². The molecule has 0 N–H and O–H groups in total. The second-order valence-electron chi connectivity index (χ2n) is 15.5. The first kappa shape index (κ1) is 36.6. The predicted molar refractivity (Wildman–Crippen MR) is 261 cm³/mol. The Hall–Kier alpha value is -7.42. The fourth-order valence-electron chi connectivity index (χ4n) is 8.89. The van der Waals surface area contributed by atoms with Crippen molar-refractivity contribution in [2.24, 2.45) is 0 Å². The number of para-hydroxylation sites is 2. The van der Waals surface area contributed by atoms with Gasteiger partial charge in [0.05, 0.1) is 11.0 Å². The molecule has 0 aliphatic rings. The first-order valence-corrected chi connectivity index (χ1v) is 21.7. The van der Waals surface area contributed by atoms with Crippen molar-refractivity contribution in [1.29, 1.82) is 0 Å². The third-order valence-electron chi connectivity index (χ3n) is 11.9. The van der Waals surface area contributed by atoms with Gasteiger partial charge in [0.2, 0.25) is 0 Å². The van der Waals surface area contributed by atoms with Crippen molar-refractivity contribution in [3.05, 3.63) is 237 Å². The molecule has 288 valence electrons. The summed E-state index contributed by atoms with van der Waals surface area (Å²) in [5.41, 5.74) is 16.5. The Morgan fingerprint density at radius 2 is 0.803 bits per heavy atom. The van der Waals surface area contributed by atoms with Gasteiger partial charge in [0, 0.05) is 16.5 Å². The van der Waals surface area contributed by atoms with Crippen LogP contribution in [0.25, 0.3) is 82.8 Å². The van der Waals surface area contributed by atoms with Gasteiger partial charge in [0.25, 0.3) is 0 Å². The standard InChI is InChI=1S/C58H40N2Se/c61-58-37-29-46(38-54(58)43-12-3-1-4-13-43)41-24-32-49(33-25-41)59(50-34-26-44(27-35-50)52-20-11-15-42-14-7-8-18-51(42)52)48-30-22-40(23-31-48)45-28-36-57-55(39-45)53-19-9-10-21-56(53)60(57)47-16-5-2-6-17-47/h1-39,61H. The normalized spacial score (nSPS) is 11.4. The molecule has 0 fully saturated rings. The van der Waals surface area contributed by atoms with Crippen LogP contribution in [0, 0.1) is 0 Å². The molecule has 0 saturated heterocycles. The van der Waals surface area contributed by atoms with E-state index in [1.165, 1.54) is 87.2 Å². The summed E-state index contributed by atoms with van der Waals surface area (Å²) in [5.74, 6) is 0. The zero-order valence-electron chi connectivity index (χ0n) is 33.4. The molecule has 0 amide bonds. The molecular formula is C58H40N2Se. The molecule has 0 bridgehead atoms. The van der Waals surface area contributed by atoms with E-state index < -0.39 is 0 Å². The van der Waals surface area contributed by atoms with Crippen molar-refractivity contribution >= 4 is 70.1 Å². The Bertz CT molecular complexity index is 3330. The van der Waals surface area contributed by atoms with Gasteiger partial charge in [-0.05, 0) is 63.4 Å². The molecule has 11 rings (SSSR count). The summed E-state index contributed by atoms with van der Waals surface area (Å²) in [6.07, 6.45) is 0. The molecule has 2 nitrogen and oxygen atoms in total. The van der Waals surface area contributed by atoms with Crippen LogP contribution in [0.4, 0.5) is 17.1 Å². The number of anilines is 3. The quantitative estimate of drug-likeness (QED) is 0.138. The van der Waals surface area contributed by atoms with Gasteiger partial charge >= 0.3 is 186 Å². The topological polar surface area (TPSA) is 8.17 Å². The molecule has 1 heterocycles. The van der Waals surface area contributed by atoms with Crippen molar-refractivity contribution in [2.45, 2.75) is 0 Å². The van der Waals surface area contributed by atoms with Crippen LogP contribution in [-0.2, 0) is 0 Å². The van der Waals surface area contributed by atoms with E-state index in [4.69, 9.17) is 0 Å². The van der Waals surface area contributed by atoms with Crippen molar-refractivity contribution < 1.29 is 0 Å². The van der Waals surface area contributed by atoms with Gasteiger partial charge in [-0.3, -0.25) is 0 Å². The SMILES string of the molecule is [SeH]c1ccc(-c2ccc(N(c3ccc(-c4ccc5c(c4)c4ccccc4n5-c4ccccc4)cc3)c3ccc(-c4cccc5ccccc45)cc3)cc2)cc1-c1ccccc1. The molecule has 0 saturated carbocycles. The average molecular weight is 844 g/mol. The van der Waals surface area contributed by atoms with Crippen molar-refractivity contribution in [3.63, 3.8) is 0 Å². The summed E-state index contributed by atoms with van der Waals surface area (Å²) in [6.45, 7) is 0. The Morgan fingerprint density at radius 1 is 0.311 bits per heavy atom. The Balaban J connectivity index is 0.975. The summed E-state index contributed by atoms with van der Waals surface area (Å²) >= 11 is 2.72. The Morgan fingerprint density at radius 3 is 1.49 bits per heavy atom. The van der Waals surface area contributed by atoms with Crippen molar-refractivity contribution in [3.8, 4) is 50.2 Å². The van der Waals surface area contributed by atoms with Gasteiger partial charge in [0.1, 0.15) is 0 Å². The molecule has 0 unspecified atom stereocenters. The molecule has 3 heteroatoms. The fraction of sp³-hybridized carbons (Fsp3) is 0. The fourth-order valence-corrected chi connectivity index (χ4v) is 9.46. The number of nitrogens with zero attached hydrogens (tertiary/aromatic N) is 2. The minimum atomic E-state index is 1.09. The van der Waals surface area contributed by atoms with E-state index in [-0.39, 0.29) is 0 Å². The van der Waals surface area contributed by atoms with E-state index in [1.54, 1.807) is 0 Å². The summed E-state index contributed by atoms with van der Waals surface area (Å²) in [7, 11) is 0. The monoisotopic (exact) mass is 844 g/mol. The van der Waals surface area contributed by atoms with Gasteiger partial charge < -0.3 is 4.57 Å². The second-order valence-corrected chi connectivity index (χ2v) is 16.5. The van der Waals surface area contributed by atoms with Crippen LogP contribution in [0.15, 0.2) is 237 Å². The van der Waals surface area contributed by atoms with Crippen molar-refractivity contribution in [2.75, 3.05) is 4.90 Å². The number of fused-ring (bicyclic) bond motifs is 4. The van der Waals surface area contributed by atoms with Crippen LogP contribution < -0.4 is 9.36 Å². The maximum absolute atomic E-state index is 2.72. The number of benzene rings is 10. The van der Waals surface area contributed by atoms with Crippen molar-refractivity contribution in [1.82, 2.24) is 4.57 Å². The maximum atomic E-state index is 2.72. The summed E-state index contributed by atoms with van der Waals surface area (Å²) < 4.78 is 3.58. The van der Waals surface area contributed by atoms with E-state index in [0.29, 0.717) is 0 Å². The van der Waals surface area contributed by atoms with Gasteiger partial charge in [-0.25, -0.2) is 0 Å². The van der Waals surface area contributed by atoms with E-state index >= 15 is 0 Å². The van der Waals surface area contributed by atoms with Crippen LogP contribution in [0.3, 0.4) is 0 Å². The first-order valence-electron chi connectivity index (χ1n) is 20.7. The zero-order valence-corrected chi connectivity index (χ0v) is 35.2. The molecule has 61 heavy (non-hydrogen) atoms. The molecule has 11 aromatic rings. The minimum absolute atomic E-state index is 1.09. The van der Waals surface area contributed by atoms with E-state index in [1.807, 2.05) is 0 Å². The average Bonchev–Trinajstić information content (AvgIpc) is 3.67. The summed E-state index contributed by atoms with van der Waals surface area (Å²) in [6, 6.07) is 85.8. The number of hydrogen-bond acceptors (Lipinski definition) is 1. The first-order chi connectivity index (χ1) is 30.2. The molecular weight excluding hydrogens is 804 g/mol. The number of aromatic nitrogens is 1. The van der Waals surface area contributed by atoms with Gasteiger partial charge in [0.15, 0.2) is 0 Å². The van der Waals surface area contributed by atoms with Crippen LogP contribution in [0.5, 0.6) is 0 Å². The Labute approximate surface area is 364 Å². The molecule has 0 spiro atoms. The molecule has 0 radical (unpaired) electrons. The zero-order chi connectivity index (χ0) is 40.7. The van der Waals surface area contributed by atoms with Gasteiger partial charge in [-0.15, -0.1) is 0 Å². The van der Waals surface area contributed by atoms with Crippen LogP contribution >= 0.6 is 0 Å². The van der Waals surface area contributed by atoms with E-state index in [2.05, 4.69) is 262 Å². The summed E-state index contributed by atoms with van der Waals surface area (Å²) in [4.78, 5) is 2.36. The van der Waals surface area contributed by atoms with E-state index in [0.717, 1.165) is 17.1 Å².